The fourth-order valence-electron chi connectivity index (χ4n) is 2.64. The fourth-order valence-corrected chi connectivity index (χ4v) is 3.44. The molecule has 0 saturated carbocycles. The third-order valence-electron chi connectivity index (χ3n) is 3.88. The summed E-state index contributed by atoms with van der Waals surface area (Å²) in [6, 6.07) is 15.5. The van der Waals surface area contributed by atoms with E-state index in [1.165, 1.54) is 11.8 Å². The van der Waals surface area contributed by atoms with Crippen LogP contribution in [-0.4, -0.2) is 24.7 Å². The van der Waals surface area contributed by atoms with Gasteiger partial charge in [0.1, 0.15) is 12.2 Å². The summed E-state index contributed by atoms with van der Waals surface area (Å²) in [5.74, 6) is 1.13. The van der Waals surface area contributed by atoms with Gasteiger partial charge in [-0.2, -0.15) is 0 Å². The first-order valence-electron chi connectivity index (χ1n) is 7.79. The first-order chi connectivity index (χ1) is 12.2. The number of nitrogens with one attached hydrogen (secondary N) is 1. The molecule has 1 N–H and O–H groups in total. The van der Waals surface area contributed by atoms with Gasteiger partial charge in [0.05, 0.1) is 16.7 Å². The summed E-state index contributed by atoms with van der Waals surface area (Å²) in [5.41, 5.74) is 2.60. The molecule has 0 aliphatic heterocycles. The average molecular weight is 349 g/mol. The van der Waals surface area contributed by atoms with Crippen LogP contribution in [-0.2, 0) is 5.75 Å². The molecular formula is C18H15N5OS. The lowest BCUT2D eigenvalue weighted by Crippen LogP contribution is -2.12. The standard InChI is InChI=1S/C18H15N5OS/c1-12-6-5-9-14-16(12)20-15(21-17(14)24)10-25-18-22-19-11-23(18)13-7-3-2-4-8-13/h2-9,11H,10H2,1H3,(H,20,21,24). The Kier molecular flexibility index (Phi) is 4.07. The Labute approximate surface area is 148 Å². The number of aromatic amines is 1. The number of rotatable bonds is 4. The number of aryl methyl sites for hydroxylation is 1. The molecule has 0 fully saturated rings. The maximum absolute atomic E-state index is 12.3. The van der Waals surface area contributed by atoms with Gasteiger partial charge in [-0.15, -0.1) is 10.2 Å². The van der Waals surface area contributed by atoms with Crippen molar-refractivity contribution in [3.05, 3.63) is 76.6 Å². The van der Waals surface area contributed by atoms with Gasteiger partial charge in [-0.05, 0) is 30.7 Å². The molecule has 0 radical (unpaired) electrons. The lowest BCUT2D eigenvalue weighted by atomic mass is 10.1. The number of benzene rings is 2. The zero-order chi connectivity index (χ0) is 17.2. The predicted molar refractivity (Wildman–Crippen MR) is 98.0 cm³/mol. The van der Waals surface area contributed by atoms with Gasteiger partial charge in [0.15, 0.2) is 5.16 Å². The molecule has 0 atom stereocenters. The van der Waals surface area contributed by atoms with Crippen LogP contribution < -0.4 is 5.56 Å². The van der Waals surface area contributed by atoms with Crippen molar-refractivity contribution in [3.63, 3.8) is 0 Å². The van der Waals surface area contributed by atoms with Gasteiger partial charge in [0, 0.05) is 5.69 Å². The van der Waals surface area contributed by atoms with Gasteiger partial charge in [-0.1, -0.05) is 42.1 Å². The van der Waals surface area contributed by atoms with Crippen molar-refractivity contribution in [1.82, 2.24) is 24.7 Å². The zero-order valence-corrected chi connectivity index (χ0v) is 14.3. The van der Waals surface area contributed by atoms with E-state index < -0.39 is 0 Å². The molecule has 0 bridgehead atoms. The predicted octanol–water partition coefficient (Wildman–Crippen LogP) is 3.10. The van der Waals surface area contributed by atoms with Crippen LogP contribution in [0.4, 0.5) is 0 Å². The largest absolute Gasteiger partial charge is 0.309 e. The van der Waals surface area contributed by atoms with Gasteiger partial charge < -0.3 is 4.98 Å². The molecule has 4 aromatic rings. The van der Waals surface area contributed by atoms with Crippen molar-refractivity contribution in [2.45, 2.75) is 17.8 Å². The van der Waals surface area contributed by atoms with Crippen molar-refractivity contribution in [2.24, 2.45) is 0 Å². The van der Waals surface area contributed by atoms with Crippen molar-refractivity contribution >= 4 is 22.7 Å². The monoisotopic (exact) mass is 349 g/mol. The van der Waals surface area contributed by atoms with E-state index >= 15 is 0 Å². The molecule has 2 aromatic heterocycles. The van der Waals surface area contributed by atoms with Gasteiger partial charge >= 0.3 is 0 Å². The molecule has 0 unspecified atom stereocenters. The summed E-state index contributed by atoms with van der Waals surface area (Å²) in [6.07, 6.45) is 1.68. The molecule has 2 heterocycles. The Morgan fingerprint density at radius 3 is 2.80 bits per heavy atom. The van der Waals surface area contributed by atoms with E-state index in [1.54, 1.807) is 12.4 Å². The number of thioether (sulfide) groups is 1. The highest BCUT2D eigenvalue weighted by atomic mass is 32.2. The van der Waals surface area contributed by atoms with Crippen LogP contribution in [0.15, 0.2) is 64.8 Å². The van der Waals surface area contributed by atoms with Crippen LogP contribution in [0.25, 0.3) is 16.6 Å². The van der Waals surface area contributed by atoms with Crippen molar-refractivity contribution in [1.29, 1.82) is 0 Å². The van der Waals surface area contributed by atoms with Crippen LogP contribution >= 0.6 is 11.8 Å². The van der Waals surface area contributed by atoms with E-state index in [4.69, 9.17) is 0 Å². The highest BCUT2D eigenvalue weighted by molar-refractivity contribution is 7.98. The van der Waals surface area contributed by atoms with Crippen molar-refractivity contribution in [3.8, 4) is 5.69 Å². The second kappa shape index (κ2) is 6.52. The molecule has 0 saturated heterocycles. The minimum Gasteiger partial charge on any atom is -0.309 e. The van der Waals surface area contributed by atoms with Crippen LogP contribution in [0.1, 0.15) is 11.4 Å². The van der Waals surface area contributed by atoms with Crippen LogP contribution in [0.5, 0.6) is 0 Å². The molecule has 0 amide bonds. The number of hydrogen-bond donors (Lipinski definition) is 1. The fraction of sp³-hybridized carbons (Fsp3) is 0.111. The van der Waals surface area contributed by atoms with E-state index in [1.807, 2.05) is 54.0 Å². The van der Waals surface area contributed by atoms with Crippen LogP contribution in [0.3, 0.4) is 0 Å². The lowest BCUT2D eigenvalue weighted by Gasteiger charge is -2.07. The maximum atomic E-state index is 12.3. The van der Waals surface area contributed by atoms with E-state index in [-0.39, 0.29) is 5.56 Å². The summed E-state index contributed by atoms with van der Waals surface area (Å²) in [5, 5.41) is 9.52. The van der Waals surface area contributed by atoms with Gasteiger partial charge in [-0.25, -0.2) is 4.98 Å². The summed E-state index contributed by atoms with van der Waals surface area (Å²) < 4.78 is 1.91. The molecule has 7 heteroatoms. The van der Waals surface area contributed by atoms with E-state index in [9.17, 15) is 4.79 Å². The van der Waals surface area contributed by atoms with Gasteiger partial charge in [0.2, 0.25) is 0 Å². The number of H-pyrrole nitrogens is 1. The second-order valence-electron chi connectivity index (χ2n) is 5.59. The highest BCUT2D eigenvalue weighted by Crippen LogP contribution is 2.22. The third-order valence-corrected chi connectivity index (χ3v) is 4.83. The molecular weight excluding hydrogens is 334 g/mol. The maximum Gasteiger partial charge on any atom is 0.258 e. The van der Waals surface area contributed by atoms with Crippen molar-refractivity contribution in [2.75, 3.05) is 0 Å². The minimum atomic E-state index is -0.117. The molecule has 25 heavy (non-hydrogen) atoms. The molecule has 0 spiro atoms. The molecule has 0 aliphatic rings. The average Bonchev–Trinajstić information content (AvgIpc) is 3.10. The smallest absolute Gasteiger partial charge is 0.258 e. The van der Waals surface area contributed by atoms with Crippen molar-refractivity contribution < 1.29 is 0 Å². The highest BCUT2D eigenvalue weighted by Gasteiger charge is 2.10. The van der Waals surface area contributed by atoms with E-state index in [0.717, 1.165) is 21.9 Å². The summed E-state index contributed by atoms with van der Waals surface area (Å²) in [4.78, 5) is 19.7. The third kappa shape index (κ3) is 3.06. The molecule has 124 valence electrons. The molecule has 0 aliphatic carbocycles. The lowest BCUT2D eigenvalue weighted by molar-refractivity contribution is 0.881. The number of para-hydroxylation sites is 2. The Hall–Kier alpha value is -2.93. The van der Waals surface area contributed by atoms with Crippen LogP contribution in [0.2, 0.25) is 0 Å². The topological polar surface area (TPSA) is 76.5 Å². The number of aromatic nitrogens is 5. The Balaban J connectivity index is 1.63. The van der Waals surface area contributed by atoms with E-state index in [0.29, 0.717) is 17.0 Å². The van der Waals surface area contributed by atoms with E-state index in [2.05, 4.69) is 20.2 Å². The normalized spacial score (nSPS) is 11.1. The quantitative estimate of drug-likeness (QED) is 0.573. The molecule has 4 rings (SSSR count). The zero-order valence-electron chi connectivity index (χ0n) is 13.5. The minimum absolute atomic E-state index is 0.117. The SMILES string of the molecule is Cc1cccc2c(=O)[nH]c(CSc3nncn3-c3ccccc3)nc12. The number of fused-ring (bicyclic) bond motifs is 1. The van der Waals surface area contributed by atoms with Gasteiger partial charge in [0.25, 0.3) is 5.56 Å². The second-order valence-corrected chi connectivity index (χ2v) is 6.53. The molecule has 6 nitrogen and oxygen atoms in total. The summed E-state index contributed by atoms with van der Waals surface area (Å²) in [6.45, 7) is 1.96. The molecule has 2 aromatic carbocycles. The Morgan fingerprint density at radius 2 is 1.96 bits per heavy atom. The Bertz CT molecular complexity index is 1090. The number of hydrogen-bond acceptors (Lipinski definition) is 5. The first-order valence-corrected chi connectivity index (χ1v) is 8.78. The van der Waals surface area contributed by atoms with Gasteiger partial charge in [-0.3, -0.25) is 9.36 Å². The first kappa shape index (κ1) is 15.6. The summed E-state index contributed by atoms with van der Waals surface area (Å²) in [7, 11) is 0. The Morgan fingerprint density at radius 1 is 1.12 bits per heavy atom. The van der Waals surface area contributed by atoms with Crippen LogP contribution in [0, 0.1) is 6.92 Å². The summed E-state index contributed by atoms with van der Waals surface area (Å²) >= 11 is 1.48. The number of nitrogens with zero attached hydrogens (tertiary/aromatic N) is 4.